The molecule has 3 rings (SSSR count). The molecule has 0 amide bonds. The number of hydrogen-bond acceptors (Lipinski definition) is 2. The molecule has 3 aromatic rings. The lowest BCUT2D eigenvalue weighted by Gasteiger charge is -1.95. The summed E-state index contributed by atoms with van der Waals surface area (Å²) in [5, 5.41) is 10.7. The Labute approximate surface area is 145 Å². The van der Waals surface area contributed by atoms with Crippen molar-refractivity contribution in [3.63, 3.8) is 0 Å². The van der Waals surface area contributed by atoms with Gasteiger partial charge in [-0.05, 0) is 29.3 Å². The van der Waals surface area contributed by atoms with E-state index >= 15 is 0 Å². The molecule has 0 aliphatic rings. The highest BCUT2D eigenvalue weighted by molar-refractivity contribution is 5.68. The Balaban J connectivity index is 1.74. The second-order valence-corrected chi connectivity index (χ2v) is 5.55. The van der Waals surface area contributed by atoms with E-state index in [0.29, 0.717) is 0 Å². The molecule has 0 bridgehead atoms. The zero-order chi connectivity index (χ0) is 17.6. The number of nitro benzene ring substituents is 1. The number of nitro groups is 1. The minimum Gasteiger partial charge on any atom is -0.258 e. The second kappa shape index (κ2) is 7.40. The van der Waals surface area contributed by atoms with Crippen LogP contribution in [0.5, 0.6) is 0 Å². The van der Waals surface area contributed by atoms with Gasteiger partial charge >= 0.3 is 0 Å². The monoisotopic (exact) mass is 332 g/mol. The molecule has 1 heterocycles. The molecule has 1 aromatic heterocycles. The van der Waals surface area contributed by atoms with Crippen LogP contribution in [0.25, 0.3) is 24.4 Å². The van der Waals surface area contributed by atoms with Gasteiger partial charge in [0.1, 0.15) is 5.69 Å². The van der Waals surface area contributed by atoms with Crippen molar-refractivity contribution in [1.29, 1.82) is 0 Å². The van der Waals surface area contributed by atoms with Crippen LogP contribution < -0.4 is 4.68 Å². The average molecular weight is 332 g/mol. The summed E-state index contributed by atoms with van der Waals surface area (Å²) in [5.74, 6) is 0. The third kappa shape index (κ3) is 4.09. The molecule has 25 heavy (non-hydrogen) atoms. The molecular formula is C20H18N3O2+. The van der Waals surface area contributed by atoms with Gasteiger partial charge < -0.3 is 0 Å². The Morgan fingerprint density at radius 2 is 1.60 bits per heavy atom. The van der Waals surface area contributed by atoms with Crippen LogP contribution in [0.1, 0.15) is 16.8 Å². The smallest absolute Gasteiger partial charge is 0.258 e. The second-order valence-electron chi connectivity index (χ2n) is 5.55. The van der Waals surface area contributed by atoms with Crippen molar-refractivity contribution in [2.75, 3.05) is 0 Å². The summed E-state index contributed by atoms with van der Waals surface area (Å²) >= 11 is 0. The van der Waals surface area contributed by atoms with E-state index in [-0.39, 0.29) is 5.69 Å². The van der Waals surface area contributed by atoms with Gasteiger partial charge in [-0.25, -0.2) is 0 Å². The van der Waals surface area contributed by atoms with Crippen molar-refractivity contribution in [2.45, 2.75) is 0 Å². The maximum absolute atomic E-state index is 10.7. The van der Waals surface area contributed by atoms with Crippen molar-refractivity contribution in [3.8, 4) is 0 Å². The predicted molar refractivity (Wildman–Crippen MR) is 99.3 cm³/mol. The zero-order valence-electron chi connectivity index (χ0n) is 13.8. The molecule has 0 aliphatic carbocycles. The largest absolute Gasteiger partial charge is 0.269 e. The highest BCUT2D eigenvalue weighted by Gasteiger charge is 2.07. The summed E-state index contributed by atoms with van der Waals surface area (Å²) in [4.78, 5) is 10.3. The van der Waals surface area contributed by atoms with E-state index in [1.54, 1.807) is 12.1 Å². The number of benzene rings is 2. The van der Waals surface area contributed by atoms with E-state index in [1.165, 1.54) is 12.1 Å². The predicted octanol–water partition coefficient (Wildman–Crippen LogP) is 4.02. The zero-order valence-corrected chi connectivity index (χ0v) is 13.8. The molecule has 0 spiro atoms. The van der Waals surface area contributed by atoms with Crippen LogP contribution >= 0.6 is 0 Å². The van der Waals surface area contributed by atoms with Crippen molar-refractivity contribution < 1.29 is 9.61 Å². The van der Waals surface area contributed by atoms with E-state index in [9.17, 15) is 10.1 Å². The molecule has 0 aliphatic heterocycles. The topological polar surface area (TPSA) is 51.9 Å². The minimum absolute atomic E-state index is 0.0971. The van der Waals surface area contributed by atoms with E-state index in [1.807, 2.05) is 71.3 Å². The van der Waals surface area contributed by atoms with Crippen LogP contribution in [0, 0.1) is 10.1 Å². The third-order valence-electron chi connectivity index (χ3n) is 3.89. The van der Waals surface area contributed by atoms with E-state index < -0.39 is 4.92 Å². The summed E-state index contributed by atoms with van der Waals surface area (Å²) < 4.78 is 4.00. The Morgan fingerprint density at radius 1 is 0.920 bits per heavy atom. The molecule has 0 N–H and O–H groups in total. The lowest BCUT2D eigenvalue weighted by Crippen LogP contribution is -2.34. The fraction of sp³-hybridized carbons (Fsp3) is 0.0500. The van der Waals surface area contributed by atoms with Crippen LogP contribution in [-0.4, -0.2) is 9.61 Å². The van der Waals surface area contributed by atoms with Crippen molar-refractivity contribution >= 4 is 30.1 Å². The van der Waals surface area contributed by atoms with Crippen molar-refractivity contribution in [3.05, 3.63) is 93.8 Å². The number of hydrogen-bond donors (Lipinski definition) is 0. The van der Waals surface area contributed by atoms with E-state index in [0.717, 1.165) is 16.8 Å². The van der Waals surface area contributed by atoms with Gasteiger partial charge in [-0.15, -0.1) is 0 Å². The first-order valence-electron chi connectivity index (χ1n) is 7.86. The quantitative estimate of drug-likeness (QED) is 0.402. The number of aromatic nitrogens is 2. The Morgan fingerprint density at radius 3 is 2.28 bits per heavy atom. The standard InChI is InChI=1S/C20H18N3O2/c1-21-19(10-7-18-8-11-20(12-9-18)23(24)25)14-16-22(21)15-13-17-5-3-2-4-6-17/h2-16H,1H3/q+1/b10-7+,15-13+. The molecule has 5 heteroatoms. The van der Waals surface area contributed by atoms with Crippen LogP contribution in [0.3, 0.4) is 0 Å². The van der Waals surface area contributed by atoms with Crippen LogP contribution in [0.4, 0.5) is 5.69 Å². The summed E-state index contributed by atoms with van der Waals surface area (Å²) in [7, 11) is 1.98. The molecule has 0 saturated carbocycles. The molecule has 0 saturated heterocycles. The number of rotatable bonds is 5. The van der Waals surface area contributed by atoms with E-state index in [4.69, 9.17) is 0 Å². The molecule has 0 radical (unpaired) electrons. The molecule has 2 aromatic carbocycles. The van der Waals surface area contributed by atoms with Crippen molar-refractivity contribution in [1.82, 2.24) is 4.68 Å². The van der Waals surface area contributed by atoms with Gasteiger partial charge in [0.2, 0.25) is 12.4 Å². The van der Waals surface area contributed by atoms with Gasteiger partial charge in [-0.2, -0.15) is 4.68 Å². The average Bonchev–Trinajstić information content (AvgIpc) is 2.99. The molecular weight excluding hydrogens is 314 g/mol. The molecule has 124 valence electrons. The highest BCUT2D eigenvalue weighted by atomic mass is 16.6. The normalized spacial score (nSPS) is 11.4. The summed E-state index contributed by atoms with van der Waals surface area (Å²) in [6, 6.07) is 18.6. The lowest BCUT2D eigenvalue weighted by molar-refractivity contribution is -0.657. The fourth-order valence-corrected chi connectivity index (χ4v) is 2.42. The maximum atomic E-state index is 10.7. The third-order valence-corrected chi connectivity index (χ3v) is 3.89. The first kappa shape index (κ1) is 16.4. The van der Waals surface area contributed by atoms with E-state index in [2.05, 4.69) is 12.1 Å². The van der Waals surface area contributed by atoms with Crippen LogP contribution in [0.2, 0.25) is 0 Å². The first-order chi connectivity index (χ1) is 12.1. The van der Waals surface area contributed by atoms with Gasteiger partial charge in [0.25, 0.3) is 5.69 Å². The molecule has 0 atom stereocenters. The molecule has 5 nitrogen and oxygen atoms in total. The summed E-state index contributed by atoms with van der Waals surface area (Å²) in [6.07, 6.45) is 9.94. The minimum atomic E-state index is -0.396. The summed E-state index contributed by atoms with van der Waals surface area (Å²) in [5.41, 5.74) is 3.17. The number of nitrogens with zero attached hydrogens (tertiary/aromatic N) is 3. The lowest BCUT2D eigenvalue weighted by atomic mass is 10.2. The Bertz CT molecular complexity index is 923. The summed E-state index contributed by atoms with van der Waals surface area (Å²) in [6.45, 7) is 0. The van der Waals surface area contributed by atoms with Gasteiger partial charge in [0.15, 0.2) is 0 Å². The highest BCUT2D eigenvalue weighted by Crippen LogP contribution is 2.14. The SMILES string of the molecule is Cn1c(/C=C/c2ccc([N+](=O)[O-])cc2)cc[n+]1/C=C/c1ccccc1. The Hall–Kier alpha value is -3.47. The van der Waals surface area contributed by atoms with Crippen molar-refractivity contribution in [2.24, 2.45) is 7.05 Å². The van der Waals surface area contributed by atoms with Gasteiger partial charge in [-0.1, -0.05) is 41.1 Å². The van der Waals surface area contributed by atoms with Gasteiger partial charge in [-0.3, -0.25) is 10.1 Å². The van der Waals surface area contributed by atoms with Crippen LogP contribution in [-0.2, 0) is 7.05 Å². The van der Waals surface area contributed by atoms with Gasteiger partial charge in [0, 0.05) is 24.3 Å². The molecule has 0 fully saturated rings. The molecule has 0 unspecified atom stereocenters. The van der Waals surface area contributed by atoms with Gasteiger partial charge in [0.05, 0.1) is 12.0 Å². The fourth-order valence-electron chi connectivity index (χ4n) is 2.42. The first-order valence-corrected chi connectivity index (χ1v) is 7.86. The Kier molecular flexibility index (Phi) is 4.85. The number of non-ortho nitro benzene ring substituents is 1. The van der Waals surface area contributed by atoms with Crippen LogP contribution in [0.15, 0.2) is 66.9 Å². The maximum Gasteiger partial charge on any atom is 0.269 e.